The van der Waals surface area contributed by atoms with Gasteiger partial charge in [0.1, 0.15) is 0 Å². The smallest absolute Gasteiger partial charge is 0.0207 e. The molecule has 1 heteroatoms. The third-order valence-electron chi connectivity index (χ3n) is 2.42. The average Bonchev–Trinajstić information content (AvgIpc) is 2.35. The largest absolute Gasteiger partial charge is 0.0767 e. The van der Waals surface area contributed by atoms with Crippen LogP contribution in [0.3, 0.4) is 0 Å². The molecule has 0 aliphatic heterocycles. The summed E-state index contributed by atoms with van der Waals surface area (Å²) in [6, 6.07) is 4.47. The third kappa shape index (κ3) is 1.13. The van der Waals surface area contributed by atoms with E-state index >= 15 is 0 Å². The Morgan fingerprint density at radius 1 is 1.33 bits per heavy atom. The summed E-state index contributed by atoms with van der Waals surface area (Å²) < 4.78 is 1.22. The summed E-state index contributed by atoms with van der Waals surface area (Å²) in [5.41, 5.74) is 4.13. The predicted octanol–water partition coefficient (Wildman–Crippen LogP) is 3.89. The van der Waals surface area contributed by atoms with Crippen molar-refractivity contribution >= 4 is 22.0 Å². The molecular weight excluding hydrogens is 212 g/mol. The molecular formula is C11H11Br. The second-order valence-corrected chi connectivity index (χ2v) is 4.23. The van der Waals surface area contributed by atoms with Crippen LogP contribution in [-0.4, -0.2) is 0 Å². The zero-order valence-corrected chi connectivity index (χ0v) is 8.85. The molecule has 0 spiro atoms. The lowest BCUT2D eigenvalue weighted by atomic mass is 10.0. The van der Waals surface area contributed by atoms with Gasteiger partial charge >= 0.3 is 0 Å². The maximum atomic E-state index is 3.55. The molecule has 1 aromatic rings. The van der Waals surface area contributed by atoms with E-state index < -0.39 is 0 Å². The van der Waals surface area contributed by atoms with Gasteiger partial charge in [-0.15, -0.1) is 0 Å². The van der Waals surface area contributed by atoms with Crippen LogP contribution in [0.1, 0.15) is 29.5 Å². The summed E-state index contributed by atoms with van der Waals surface area (Å²) in [5.74, 6) is 0.580. The highest BCUT2D eigenvalue weighted by molar-refractivity contribution is 9.10. The van der Waals surface area contributed by atoms with E-state index in [0.717, 1.165) is 0 Å². The quantitative estimate of drug-likeness (QED) is 0.625. The van der Waals surface area contributed by atoms with Crippen LogP contribution in [0.2, 0.25) is 0 Å². The minimum atomic E-state index is 0.580. The van der Waals surface area contributed by atoms with Crippen LogP contribution in [0.5, 0.6) is 0 Å². The molecule has 62 valence electrons. The van der Waals surface area contributed by atoms with Gasteiger partial charge in [0.2, 0.25) is 0 Å². The van der Waals surface area contributed by atoms with Crippen molar-refractivity contribution in [1.82, 2.24) is 0 Å². The van der Waals surface area contributed by atoms with Crippen molar-refractivity contribution in [2.75, 3.05) is 0 Å². The van der Waals surface area contributed by atoms with Gasteiger partial charge in [0.15, 0.2) is 0 Å². The number of aryl methyl sites for hydroxylation is 1. The number of allylic oxidation sites excluding steroid dienone is 1. The fraction of sp³-hybridized carbons (Fsp3) is 0.273. The standard InChI is InChI=1S/C11H11Br/c1-7-3-4-9-5-8(2)11(12)6-10(7)9/h3-7H,1-2H3. The number of rotatable bonds is 0. The molecule has 0 bridgehead atoms. The normalized spacial score (nSPS) is 19.8. The molecule has 0 aromatic heterocycles. The van der Waals surface area contributed by atoms with Gasteiger partial charge in [0.05, 0.1) is 0 Å². The lowest BCUT2D eigenvalue weighted by Gasteiger charge is -2.07. The Morgan fingerprint density at radius 2 is 2.08 bits per heavy atom. The predicted molar refractivity (Wildman–Crippen MR) is 56.3 cm³/mol. The maximum absolute atomic E-state index is 3.55. The molecule has 1 unspecified atom stereocenters. The first-order valence-corrected chi connectivity index (χ1v) is 4.96. The van der Waals surface area contributed by atoms with Gasteiger partial charge in [-0.2, -0.15) is 0 Å². The van der Waals surface area contributed by atoms with Crippen LogP contribution in [0.4, 0.5) is 0 Å². The van der Waals surface area contributed by atoms with Gasteiger partial charge < -0.3 is 0 Å². The molecule has 0 fully saturated rings. The minimum Gasteiger partial charge on any atom is -0.0767 e. The van der Waals surface area contributed by atoms with E-state index in [1.165, 1.54) is 21.2 Å². The highest BCUT2D eigenvalue weighted by atomic mass is 79.9. The van der Waals surface area contributed by atoms with E-state index in [0.29, 0.717) is 5.92 Å². The first-order valence-electron chi connectivity index (χ1n) is 4.17. The van der Waals surface area contributed by atoms with E-state index in [1.54, 1.807) is 0 Å². The molecule has 0 nitrogen and oxygen atoms in total. The second-order valence-electron chi connectivity index (χ2n) is 3.38. The monoisotopic (exact) mass is 222 g/mol. The zero-order chi connectivity index (χ0) is 8.72. The van der Waals surface area contributed by atoms with Gasteiger partial charge in [-0.1, -0.05) is 41.1 Å². The van der Waals surface area contributed by atoms with Crippen molar-refractivity contribution in [3.8, 4) is 0 Å². The summed E-state index contributed by atoms with van der Waals surface area (Å²) in [6.45, 7) is 4.35. The Kier molecular flexibility index (Phi) is 1.84. The summed E-state index contributed by atoms with van der Waals surface area (Å²) in [7, 11) is 0. The Balaban J connectivity index is 2.62. The zero-order valence-electron chi connectivity index (χ0n) is 7.26. The molecule has 0 N–H and O–H groups in total. The fourth-order valence-corrected chi connectivity index (χ4v) is 1.97. The fourth-order valence-electron chi connectivity index (χ4n) is 1.61. The van der Waals surface area contributed by atoms with E-state index in [1.807, 2.05) is 0 Å². The van der Waals surface area contributed by atoms with E-state index in [2.05, 4.69) is 54.1 Å². The summed E-state index contributed by atoms with van der Waals surface area (Å²) in [4.78, 5) is 0. The molecule has 1 aliphatic rings. The van der Waals surface area contributed by atoms with Crippen molar-refractivity contribution in [3.63, 3.8) is 0 Å². The molecule has 0 saturated carbocycles. The van der Waals surface area contributed by atoms with E-state index in [9.17, 15) is 0 Å². The van der Waals surface area contributed by atoms with E-state index in [4.69, 9.17) is 0 Å². The maximum Gasteiger partial charge on any atom is 0.0207 e. The molecule has 12 heavy (non-hydrogen) atoms. The van der Waals surface area contributed by atoms with Crippen molar-refractivity contribution in [2.24, 2.45) is 0 Å². The molecule has 0 radical (unpaired) electrons. The SMILES string of the molecule is Cc1cc2c(cc1Br)C(C)C=C2. The highest BCUT2D eigenvalue weighted by Gasteiger charge is 2.13. The summed E-state index contributed by atoms with van der Waals surface area (Å²) >= 11 is 3.55. The molecule has 0 amide bonds. The van der Waals surface area contributed by atoms with Gasteiger partial charge in [-0.05, 0) is 35.6 Å². The highest BCUT2D eigenvalue weighted by Crippen LogP contribution is 2.33. The van der Waals surface area contributed by atoms with Gasteiger partial charge in [0.25, 0.3) is 0 Å². The minimum absolute atomic E-state index is 0.580. The Labute approximate surface area is 81.4 Å². The van der Waals surface area contributed by atoms with Gasteiger partial charge in [0, 0.05) is 4.47 Å². The molecule has 1 aliphatic carbocycles. The van der Waals surface area contributed by atoms with E-state index in [-0.39, 0.29) is 0 Å². The summed E-state index contributed by atoms with van der Waals surface area (Å²) in [5, 5.41) is 0. The van der Waals surface area contributed by atoms with Crippen LogP contribution in [0.25, 0.3) is 6.08 Å². The topological polar surface area (TPSA) is 0 Å². The average molecular weight is 223 g/mol. The molecule has 1 aromatic carbocycles. The Morgan fingerprint density at radius 3 is 2.83 bits per heavy atom. The number of fused-ring (bicyclic) bond motifs is 1. The van der Waals surface area contributed by atoms with Gasteiger partial charge in [-0.25, -0.2) is 0 Å². The number of benzene rings is 1. The number of halogens is 1. The lowest BCUT2D eigenvalue weighted by molar-refractivity contribution is 0.987. The van der Waals surface area contributed by atoms with Crippen molar-refractivity contribution < 1.29 is 0 Å². The first kappa shape index (κ1) is 8.06. The van der Waals surface area contributed by atoms with Crippen LogP contribution >= 0.6 is 15.9 Å². The Hall–Kier alpha value is -0.560. The molecule has 2 rings (SSSR count). The lowest BCUT2D eigenvalue weighted by Crippen LogP contribution is -1.88. The van der Waals surface area contributed by atoms with Crippen LogP contribution in [0, 0.1) is 6.92 Å². The van der Waals surface area contributed by atoms with Crippen molar-refractivity contribution in [1.29, 1.82) is 0 Å². The third-order valence-corrected chi connectivity index (χ3v) is 3.27. The van der Waals surface area contributed by atoms with Crippen LogP contribution in [-0.2, 0) is 0 Å². The molecule has 1 atom stereocenters. The summed E-state index contributed by atoms with van der Waals surface area (Å²) in [6.07, 6.45) is 4.45. The van der Waals surface area contributed by atoms with Crippen LogP contribution < -0.4 is 0 Å². The van der Waals surface area contributed by atoms with Crippen LogP contribution in [0.15, 0.2) is 22.7 Å². The van der Waals surface area contributed by atoms with Crippen molar-refractivity contribution in [3.05, 3.63) is 39.4 Å². The molecule has 0 heterocycles. The molecule has 0 saturated heterocycles. The Bertz CT molecular complexity index is 350. The second kappa shape index (κ2) is 2.74. The van der Waals surface area contributed by atoms with Crippen molar-refractivity contribution in [2.45, 2.75) is 19.8 Å². The number of hydrogen-bond donors (Lipinski definition) is 0. The first-order chi connectivity index (χ1) is 5.68. The number of hydrogen-bond acceptors (Lipinski definition) is 0. The van der Waals surface area contributed by atoms with Gasteiger partial charge in [-0.3, -0.25) is 0 Å².